The Morgan fingerprint density at radius 3 is 2.58 bits per heavy atom. The van der Waals surface area contributed by atoms with Crippen molar-refractivity contribution in [3.05, 3.63) is 29.8 Å². The van der Waals surface area contributed by atoms with E-state index in [1.807, 2.05) is 0 Å². The van der Waals surface area contributed by atoms with E-state index in [2.05, 4.69) is 16.2 Å². The van der Waals surface area contributed by atoms with Crippen LogP contribution < -0.4 is 16.2 Å². The molecule has 1 aromatic rings. The maximum Gasteiger partial charge on any atom is 0.244 e. The minimum atomic E-state index is -0.848. The molecule has 2 amide bonds. The van der Waals surface area contributed by atoms with Crippen molar-refractivity contribution >= 4 is 17.5 Å². The number of carbonyl (C=O) groups is 2. The van der Waals surface area contributed by atoms with Crippen molar-refractivity contribution in [2.45, 2.75) is 44.7 Å². The maximum atomic E-state index is 13.7. The van der Waals surface area contributed by atoms with Gasteiger partial charge in [0.25, 0.3) is 0 Å². The average Bonchev–Trinajstić information content (AvgIpc) is 3.06. The van der Waals surface area contributed by atoms with Crippen molar-refractivity contribution in [1.29, 1.82) is 0 Å². The van der Waals surface area contributed by atoms with Crippen LogP contribution in [0, 0.1) is 17.6 Å². The number of benzene rings is 1. The van der Waals surface area contributed by atoms with Gasteiger partial charge in [-0.25, -0.2) is 14.2 Å². The Morgan fingerprint density at radius 2 is 1.88 bits per heavy atom. The summed E-state index contributed by atoms with van der Waals surface area (Å²) in [4.78, 5) is 26.5. The van der Waals surface area contributed by atoms with Crippen LogP contribution in [0.5, 0.6) is 0 Å². The van der Waals surface area contributed by atoms with Crippen LogP contribution in [-0.2, 0) is 9.59 Å². The van der Waals surface area contributed by atoms with Crippen molar-refractivity contribution in [1.82, 2.24) is 15.8 Å². The lowest BCUT2D eigenvalue weighted by molar-refractivity contribution is -0.137. The number of nitrogens with zero attached hydrogens (tertiary/aromatic N) is 1. The molecule has 3 N–H and O–H groups in total. The molecule has 3 atom stereocenters. The highest BCUT2D eigenvalue weighted by Gasteiger charge is 2.42. The van der Waals surface area contributed by atoms with Crippen LogP contribution in [0.1, 0.15) is 32.6 Å². The molecule has 142 valence electrons. The molecule has 1 aliphatic heterocycles. The van der Waals surface area contributed by atoms with Crippen LogP contribution in [0.25, 0.3) is 0 Å². The van der Waals surface area contributed by atoms with Gasteiger partial charge in [0.15, 0.2) is 0 Å². The van der Waals surface area contributed by atoms with Gasteiger partial charge in [-0.05, 0) is 31.9 Å². The Hall–Kier alpha value is -2.06. The third-order valence-corrected chi connectivity index (χ3v) is 5.19. The molecule has 6 nitrogen and oxygen atoms in total. The largest absolute Gasteiger partial charge is 0.332 e. The number of amides is 2. The maximum absolute atomic E-state index is 13.7. The zero-order valence-corrected chi connectivity index (χ0v) is 14.7. The molecule has 0 bridgehead atoms. The molecule has 2 fully saturated rings. The number of fused-ring (bicyclic) bond motifs is 1. The van der Waals surface area contributed by atoms with Crippen molar-refractivity contribution in [3.63, 3.8) is 0 Å². The standard InChI is InChI=1S/C18H24F2N4O2/c1-2-24(10-15(25)21-17-12(19)7-5-8-13(17)20)18(26)16-11-6-3-4-9-14(11)22-23-16/h5,7-8,11,14,16,22-23H,2-4,6,9-10H2,1H3,(H,21,25). The summed E-state index contributed by atoms with van der Waals surface area (Å²) >= 11 is 0. The lowest BCUT2D eigenvalue weighted by Gasteiger charge is -2.30. The van der Waals surface area contributed by atoms with E-state index in [4.69, 9.17) is 0 Å². The second kappa shape index (κ2) is 8.09. The van der Waals surface area contributed by atoms with Gasteiger partial charge in [-0.2, -0.15) is 0 Å². The number of anilines is 1. The molecule has 26 heavy (non-hydrogen) atoms. The minimum absolute atomic E-state index is 0.168. The first-order chi connectivity index (χ1) is 12.5. The first kappa shape index (κ1) is 18.7. The summed E-state index contributed by atoms with van der Waals surface area (Å²) in [5.74, 6) is -2.29. The van der Waals surface area contributed by atoms with Gasteiger partial charge in [-0.3, -0.25) is 15.0 Å². The number of para-hydroxylation sites is 1. The molecule has 1 aromatic carbocycles. The van der Waals surface area contributed by atoms with Gasteiger partial charge in [-0.1, -0.05) is 18.9 Å². The highest BCUT2D eigenvalue weighted by Crippen LogP contribution is 2.30. The minimum Gasteiger partial charge on any atom is -0.332 e. The fourth-order valence-electron chi connectivity index (χ4n) is 3.80. The van der Waals surface area contributed by atoms with E-state index in [1.165, 1.54) is 11.0 Å². The SMILES string of the molecule is CCN(CC(=O)Nc1c(F)cccc1F)C(=O)C1NNC2CCCCC21. The van der Waals surface area contributed by atoms with Gasteiger partial charge in [0.1, 0.15) is 23.4 Å². The van der Waals surface area contributed by atoms with Crippen LogP contribution in [0.2, 0.25) is 0 Å². The van der Waals surface area contributed by atoms with Gasteiger partial charge < -0.3 is 10.2 Å². The topological polar surface area (TPSA) is 73.5 Å². The summed E-state index contributed by atoms with van der Waals surface area (Å²) in [7, 11) is 0. The predicted octanol–water partition coefficient (Wildman–Crippen LogP) is 1.79. The smallest absolute Gasteiger partial charge is 0.244 e. The fraction of sp³-hybridized carbons (Fsp3) is 0.556. The van der Waals surface area contributed by atoms with E-state index in [-0.39, 0.29) is 30.5 Å². The second-order valence-corrected chi connectivity index (χ2v) is 6.82. The summed E-state index contributed by atoms with van der Waals surface area (Å²) < 4.78 is 27.3. The lowest BCUT2D eigenvalue weighted by Crippen LogP contribution is -2.50. The fourth-order valence-corrected chi connectivity index (χ4v) is 3.80. The van der Waals surface area contributed by atoms with E-state index in [0.717, 1.165) is 37.8 Å². The van der Waals surface area contributed by atoms with E-state index in [9.17, 15) is 18.4 Å². The first-order valence-electron chi connectivity index (χ1n) is 9.05. The molecule has 1 heterocycles. The van der Waals surface area contributed by atoms with Crippen LogP contribution >= 0.6 is 0 Å². The van der Waals surface area contributed by atoms with Gasteiger partial charge in [0, 0.05) is 18.5 Å². The summed E-state index contributed by atoms with van der Waals surface area (Å²) in [6.07, 6.45) is 4.23. The molecular formula is C18H24F2N4O2. The van der Waals surface area contributed by atoms with Crippen molar-refractivity contribution in [2.24, 2.45) is 5.92 Å². The molecule has 3 rings (SSSR count). The highest BCUT2D eigenvalue weighted by atomic mass is 19.1. The van der Waals surface area contributed by atoms with Gasteiger partial charge >= 0.3 is 0 Å². The Kier molecular flexibility index (Phi) is 5.83. The number of rotatable bonds is 5. The third kappa shape index (κ3) is 3.86. The monoisotopic (exact) mass is 366 g/mol. The van der Waals surface area contributed by atoms with E-state index in [0.29, 0.717) is 6.54 Å². The van der Waals surface area contributed by atoms with Crippen molar-refractivity contribution < 1.29 is 18.4 Å². The lowest BCUT2D eigenvalue weighted by atomic mass is 9.81. The highest BCUT2D eigenvalue weighted by molar-refractivity contribution is 5.95. The molecule has 0 aromatic heterocycles. The summed E-state index contributed by atoms with van der Waals surface area (Å²) in [6, 6.07) is 3.26. The zero-order chi connectivity index (χ0) is 18.7. The number of hydrazine groups is 1. The Labute approximate surface area is 151 Å². The van der Waals surface area contributed by atoms with Crippen LogP contribution in [0.3, 0.4) is 0 Å². The molecule has 2 aliphatic rings. The summed E-state index contributed by atoms with van der Waals surface area (Å²) in [5, 5.41) is 2.23. The quantitative estimate of drug-likeness (QED) is 0.743. The van der Waals surface area contributed by atoms with Crippen molar-refractivity contribution in [3.8, 4) is 0 Å². The normalized spacial score (nSPS) is 24.8. The number of hydrogen-bond donors (Lipinski definition) is 3. The van der Waals surface area contributed by atoms with Gasteiger partial charge in [-0.15, -0.1) is 0 Å². The number of hydrogen-bond acceptors (Lipinski definition) is 4. The van der Waals surface area contributed by atoms with E-state index < -0.39 is 23.2 Å². The van der Waals surface area contributed by atoms with Crippen LogP contribution in [-0.4, -0.2) is 41.9 Å². The molecule has 0 spiro atoms. The number of nitrogens with one attached hydrogen (secondary N) is 3. The van der Waals surface area contributed by atoms with Gasteiger partial charge in [0.05, 0.1) is 6.54 Å². The molecule has 1 saturated carbocycles. The first-order valence-corrected chi connectivity index (χ1v) is 9.05. The third-order valence-electron chi connectivity index (χ3n) is 5.19. The van der Waals surface area contributed by atoms with Gasteiger partial charge in [0.2, 0.25) is 11.8 Å². The molecule has 0 radical (unpaired) electrons. The Bertz CT molecular complexity index is 665. The average molecular weight is 366 g/mol. The Balaban J connectivity index is 1.63. The molecule has 3 unspecified atom stereocenters. The van der Waals surface area contributed by atoms with E-state index in [1.54, 1.807) is 6.92 Å². The second-order valence-electron chi connectivity index (χ2n) is 6.82. The Morgan fingerprint density at radius 1 is 1.19 bits per heavy atom. The summed E-state index contributed by atoms with van der Waals surface area (Å²) in [5.41, 5.74) is 5.75. The van der Waals surface area contributed by atoms with Crippen molar-refractivity contribution in [2.75, 3.05) is 18.4 Å². The summed E-state index contributed by atoms with van der Waals surface area (Å²) in [6.45, 7) is 1.86. The molecule has 1 saturated heterocycles. The predicted molar refractivity (Wildman–Crippen MR) is 93.0 cm³/mol. The zero-order valence-electron chi connectivity index (χ0n) is 14.7. The number of likely N-dealkylation sites (N-methyl/N-ethyl adjacent to an activating group) is 1. The number of carbonyl (C=O) groups excluding carboxylic acids is 2. The molecule has 1 aliphatic carbocycles. The van der Waals surface area contributed by atoms with Crippen LogP contribution in [0.15, 0.2) is 18.2 Å². The molecular weight excluding hydrogens is 342 g/mol. The molecule has 8 heteroatoms. The number of halogens is 2. The van der Waals surface area contributed by atoms with Crippen LogP contribution in [0.4, 0.5) is 14.5 Å². The van der Waals surface area contributed by atoms with E-state index >= 15 is 0 Å².